The predicted molar refractivity (Wildman–Crippen MR) is 107 cm³/mol. The van der Waals surface area contributed by atoms with Crippen molar-refractivity contribution >= 4 is 11.9 Å². The molecule has 4 rings (SSSR count). The summed E-state index contributed by atoms with van der Waals surface area (Å²) in [5.41, 5.74) is 0.767. The van der Waals surface area contributed by atoms with Crippen LogP contribution in [0.5, 0.6) is 0 Å². The minimum Gasteiger partial charge on any atom is -0.394 e. The zero-order valence-electron chi connectivity index (χ0n) is 16.6. The van der Waals surface area contributed by atoms with E-state index in [-0.39, 0.29) is 42.0 Å². The van der Waals surface area contributed by atoms with Crippen LogP contribution in [0, 0.1) is 5.92 Å². The summed E-state index contributed by atoms with van der Waals surface area (Å²) in [4.78, 5) is 29.5. The molecule has 0 radical (unpaired) electrons. The van der Waals surface area contributed by atoms with E-state index in [2.05, 4.69) is 17.4 Å². The quantitative estimate of drug-likeness (QED) is 0.817. The summed E-state index contributed by atoms with van der Waals surface area (Å²) in [7, 11) is 0. The van der Waals surface area contributed by atoms with Gasteiger partial charge in [0.25, 0.3) is 0 Å². The Hall–Kier alpha value is -2.08. The van der Waals surface area contributed by atoms with Gasteiger partial charge in [-0.3, -0.25) is 4.79 Å². The summed E-state index contributed by atoms with van der Waals surface area (Å²) in [5, 5.41) is 13.1. The van der Waals surface area contributed by atoms with Crippen LogP contribution in [0.1, 0.15) is 50.5 Å². The number of hydrogen-bond acceptors (Lipinski definition) is 3. The number of aliphatic hydroxyl groups is 1. The molecule has 0 unspecified atom stereocenters. The van der Waals surface area contributed by atoms with Crippen LogP contribution < -0.4 is 5.32 Å². The molecule has 2 N–H and O–H groups in total. The number of rotatable bonds is 5. The number of carbonyl (C=O) groups excluding carboxylic acids is 2. The third kappa shape index (κ3) is 2.98. The Morgan fingerprint density at radius 1 is 1.18 bits per heavy atom. The largest absolute Gasteiger partial charge is 0.394 e. The molecule has 1 aliphatic carbocycles. The zero-order valence-corrected chi connectivity index (χ0v) is 16.6. The average Bonchev–Trinajstić information content (AvgIpc) is 3.20. The van der Waals surface area contributed by atoms with Gasteiger partial charge in [0.05, 0.1) is 18.2 Å². The van der Waals surface area contributed by atoms with Crippen LogP contribution in [-0.4, -0.2) is 64.7 Å². The Morgan fingerprint density at radius 3 is 2.46 bits per heavy atom. The van der Waals surface area contributed by atoms with E-state index in [9.17, 15) is 14.7 Å². The maximum atomic E-state index is 13.3. The van der Waals surface area contributed by atoms with Gasteiger partial charge < -0.3 is 20.2 Å². The Morgan fingerprint density at radius 2 is 1.86 bits per heavy atom. The molecule has 2 aliphatic heterocycles. The Labute approximate surface area is 166 Å². The summed E-state index contributed by atoms with van der Waals surface area (Å²) >= 11 is 0. The van der Waals surface area contributed by atoms with Crippen molar-refractivity contribution in [3.63, 3.8) is 0 Å². The van der Waals surface area contributed by atoms with E-state index >= 15 is 0 Å². The van der Waals surface area contributed by atoms with E-state index < -0.39 is 0 Å². The van der Waals surface area contributed by atoms with E-state index in [1.807, 2.05) is 30.0 Å². The van der Waals surface area contributed by atoms with Gasteiger partial charge in [0.1, 0.15) is 0 Å². The van der Waals surface area contributed by atoms with Crippen LogP contribution in [0.3, 0.4) is 0 Å². The van der Waals surface area contributed by atoms with Crippen molar-refractivity contribution in [3.05, 3.63) is 35.9 Å². The van der Waals surface area contributed by atoms with Gasteiger partial charge in [0, 0.05) is 31.5 Å². The zero-order chi connectivity index (χ0) is 19.7. The molecule has 2 atom stereocenters. The molecular weight excluding hydrogens is 354 g/mol. The van der Waals surface area contributed by atoms with Gasteiger partial charge >= 0.3 is 6.03 Å². The molecule has 1 saturated carbocycles. The lowest BCUT2D eigenvalue weighted by Gasteiger charge is -2.70. The van der Waals surface area contributed by atoms with Crippen LogP contribution in [-0.2, 0) is 4.79 Å². The van der Waals surface area contributed by atoms with Gasteiger partial charge in [-0.15, -0.1) is 0 Å². The summed E-state index contributed by atoms with van der Waals surface area (Å²) in [5.74, 6) is 0.322. The van der Waals surface area contributed by atoms with Gasteiger partial charge in [-0.25, -0.2) is 4.79 Å². The molecule has 6 heteroatoms. The fourth-order valence-electron chi connectivity index (χ4n) is 5.49. The van der Waals surface area contributed by atoms with Gasteiger partial charge in [-0.1, -0.05) is 50.1 Å². The molecule has 1 aromatic carbocycles. The molecule has 6 nitrogen and oxygen atoms in total. The normalized spacial score (nSPS) is 26.1. The van der Waals surface area contributed by atoms with E-state index in [0.29, 0.717) is 19.6 Å². The fourth-order valence-corrected chi connectivity index (χ4v) is 5.49. The highest BCUT2D eigenvalue weighted by atomic mass is 16.3. The minimum absolute atomic E-state index is 0.0399. The summed E-state index contributed by atoms with van der Waals surface area (Å²) in [6.07, 6.45) is 5.00. The highest BCUT2D eigenvalue weighted by molar-refractivity contribution is 5.84. The first-order valence-corrected chi connectivity index (χ1v) is 10.6. The average molecular weight is 386 g/mol. The Bertz CT molecular complexity index is 711. The molecule has 3 amide bonds. The lowest BCUT2D eigenvalue weighted by molar-refractivity contribution is -0.196. The van der Waals surface area contributed by atoms with Crippen LogP contribution in [0.25, 0.3) is 0 Å². The topological polar surface area (TPSA) is 72.9 Å². The minimum atomic E-state index is -0.377. The van der Waals surface area contributed by atoms with Crippen molar-refractivity contribution < 1.29 is 14.7 Å². The molecule has 1 aromatic rings. The van der Waals surface area contributed by atoms with Crippen molar-refractivity contribution in [3.8, 4) is 0 Å². The first-order chi connectivity index (χ1) is 13.6. The summed E-state index contributed by atoms with van der Waals surface area (Å²) in [6.45, 7) is 3.73. The number of aliphatic hydroxyl groups excluding tert-OH is 1. The van der Waals surface area contributed by atoms with Crippen LogP contribution in [0.15, 0.2) is 30.3 Å². The smallest absolute Gasteiger partial charge is 0.317 e. The van der Waals surface area contributed by atoms with E-state index in [1.54, 1.807) is 4.90 Å². The first-order valence-electron chi connectivity index (χ1n) is 10.6. The van der Waals surface area contributed by atoms with Gasteiger partial charge in [-0.2, -0.15) is 0 Å². The van der Waals surface area contributed by atoms with Crippen LogP contribution in [0.2, 0.25) is 0 Å². The molecule has 152 valence electrons. The lowest BCUT2D eigenvalue weighted by atomic mass is 9.60. The third-order valence-electron chi connectivity index (χ3n) is 6.81. The maximum absolute atomic E-state index is 13.3. The first kappa shape index (κ1) is 19.2. The molecule has 2 heterocycles. The van der Waals surface area contributed by atoms with Gasteiger partial charge in [-0.05, 0) is 24.8 Å². The van der Waals surface area contributed by atoms with Gasteiger partial charge in [0.2, 0.25) is 5.91 Å². The number of nitrogens with zero attached hydrogens (tertiary/aromatic N) is 2. The van der Waals surface area contributed by atoms with Crippen molar-refractivity contribution in [1.82, 2.24) is 15.1 Å². The van der Waals surface area contributed by atoms with Crippen molar-refractivity contribution in [2.45, 2.75) is 56.5 Å². The van der Waals surface area contributed by atoms with Crippen molar-refractivity contribution in [1.29, 1.82) is 0 Å². The molecular formula is C22H31N3O3. The number of amides is 3. The molecule has 2 saturated heterocycles. The second-order valence-corrected chi connectivity index (χ2v) is 8.52. The number of benzene rings is 1. The van der Waals surface area contributed by atoms with Gasteiger partial charge in [0.15, 0.2) is 0 Å². The number of urea groups is 1. The monoisotopic (exact) mass is 385 g/mol. The summed E-state index contributed by atoms with van der Waals surface area (Å²) < 4.78 is 0. The van der Waals surface area contributed by atoms with Crippen molar-refractivity contribution in [2.24, 2.45) is 5.92 Å². The Kier molecular flexibility index (Phi) is 5.32. The fraction of sp³-hybridized carbons (Fsp3) is 0.636. The predicted octanol–water partition coefficient (Wildman–Crippen LogP) is 2.34. The second kappa shape index (κ2) is 7.74. The van der Waals surface area contributed by atoms with Crippen LogP contribution in [0.4, 0.5) is 4.79 Å². The molecule has 0 aromatic heterocycles. The SMILES string of the molecule is CCCNC(=O)N1CC2(C1)[C@H](c1ccccc1)[C@@H](CO)N2C(=O)C1CCCC1. The molecule has 3 aliphatic rings. The highest BCUT2D eigenvalue weighted by Gasteiger charge is 2.68. The Balaban J connectivity index is 1.58. The van der Waals surface area contributed by atoms with Crippen LogP contribution >= 0.6 is 0 Å². The highest BCUT2D eigenvalue weighted by Crippen LogP contribution is 2.54. The molecule has 28 heavy (non-hydrogen) atoms. The number of nitrogens with one attached hydrogen (secondary N) is 1. The second-order valence-electron chi connectivity index (χ2n) is 8.52. The molecule has 3 fully saturated rings. The number of likely N-dealkylation sites (tertiary alicyclic amines) is 2. The number of hydrogen-bond donors (Lipinski definition) is 2. The van der Waals surface area contributed by atoms with E-state index in [0.717, 1.165) is 37.7 Å². The molecule has 1 spiro atoms. The number of carbonyl (C=O) groups is 2. The van der Waals surface area contributed by atoms with E-state index in [1.165, 1.54) is 0 Å². The lowest BCUT2D eigenvalue weighted by Crippen LogP contribution is -2.86. The molecule has 0 bridgehead atoms. The van der Waals surface area contributed by atoms with E-state index in [4.69, 9.17) is 0 Å². The summed E-state index contributed by atoms with van der Waals surface area (Å²) in [6, 6.07) is 9.89. The third-order valence-corrected chi connectivity index (χ3v) is 6.81. The maximum Gasteiger partial charge on any atom is 0.317 e. The van der Waals surface area contributed by atoms with Crippen molar-refractivity contribution in [2.75, 3.05) is 26.2 Å². The standard InChI is InChI=1S/C22H31N3O3/c1-2-12-23-21(28)24-14-22(15-24)19(16-8-4-3-5-9-16)18(13-26)25(22)20(27)17-10-6-7-11-17/h3-5,8-9,17-19,26H,2,6-7,10-15H2,1H3,(H,23,28)/t18-,19-/m1/s1.